The molecule has 0 radical (unpaired) electrons. The maximum absolute atomic E-state index is 6.07. The lowest BCUT2D eigenvalue weighted by Crippen LogP contribution is -2.06. The number of nitrogens with one attached hydrogen (secondary N) is 1. The Morgan fingerprint density at radius 1 is 1.29 bits per heavy atom. The van der Waals surface area contributed by atoms with Crippen LogP contribution < -0.4 is 19.5 Å². The molecule has 0 fully saturated rings. The van der Waals surface area contributed by atoms with Crippen LogP contribution in [0.25, 0.3) is 0 Å². The van der Waals surface area contributed by atoms with E-state index in [-0.39, 0.29) is 6.79 Å². The van der Waals surface area contributed by atoms with Crippen molar-refractivity contribution in [2.75, 3.05) is 13.8 Å². The summed E-state index contributed by atoms with van der Waals surface area (Å²) in [6, 6.07) is 7.57. The molecule has 21 heavy (non-hydrogen) atoms. The minimum absolute atomic E-state index is 0.270. The zero-order valence-corrected chi connectivity index (χ0v) is 12.3. The van der Waals surface area contributed by atoms with Gasteiger partial charge in [-0.15, -0.1) is 0 Å². The van der Waals surface area contributed by atoms with E-state index in [4.69, 9.17) is 25.8 Å². The molecule has 0 spiro atoms. The van der Waals surface area contributed by atoms with Crippen LogP contribution in [0.1, 0.15) is 11.1 Å². The predicted octanol–water partition coefficient (Wildman–Crippen LogP) is 2.76. The summed E-state index contributed by atoms with van der Waals surface area (Å²) < 4.78 is 16.3. The van der Waals surface area contributed by atoms with Gasteiger partial charge in [-0.3, -0.25) is 0 Å². The lowest BCUT2D eigenvalue weighted by molar-refractivity contribution is 0.174. The first-order valence-electron chi connectivity index (χ1n) is 6.56. The highest BCUT2D eigenvalue weighted by atomic mass is 35.5. The Balaban J connectivity index is 1.68. The second-order valence-corrected chi connectivity index (χ2v) is 5.03. The fourth-order valence-electron chi connectivity index (χ4n) is 2.05. The number of hydrogen-bond donors (Lipinski definition) is 1. The summed E-state index contributed by atoms with van der Waals surface area (Å²) in [6.07, 6.45) is 1.60. The normalized spacial score (nSPS) is 12.5. The lowest BCUT2D eigenvalue weighted by atomic mass is 10.2. The molecule has 3 rings (SSSR count). The van der Waals surface area contributed by atoms with E-state index in [1.54, 1.807) is 6.20 Å². The Labute approximate surface area is 127 Å². The number of rotatable bonds is 5. The van der Waals surface area contributed by atoms with Crippen LogP contribution in [0, 0.1) is 0 Å². The Morgan fingerprint density at radius 3 is 3.00 bits per heavy atom. The number of aromatic nitrogens is 1. The van der Waals surface area contributed by atoms with Crippen LogP contribution in [0.3, 0.4) is 0 Å². The van der Waals surface area contributed by atoms with Crippen LogP contribution in [0.15, 0.2) is 30.5 Å². The van der Waals surface area contributed by atoms with Crippen molar-refractivity contribution in [1.82, 2.24) is 10.3 Å². The smallest absolute Gasteiger partial charge is 0.231 e. The van der Waals surface area contributed by atoms with E-state index in [1.165, 1.54) is 0 Å². The van der Waals surface area contributed by atoms with Crippen LogP contribution in [0.2, 0.25) is 5.02 Å². The van der Waals surface area contributed by atoms with E-state index in [9.17, 15) is 0 Å². The predicted molar refractivity (Wildman–Crippen MR) is 78.9 cm³/mol. The van der Waals surface area contributed by atoms with Crippen LogP contribution in [0.4, 0.5) is 0 Å². The van der Waals surface area contributed by atoms with Gasteiger partial charge in [-0.1, -0.05) is 17.7 Å². The van der Waals surface area contributed by atoms with E-state index < -0.39 is 0 Å². The molecule has 0 unspecified atom stereocenters. The molecule has 2 heterocycles. The average Bonchev–Trinajstić information content (AvgIpc) is 2.96. The maximum atomic E-state index is 6.07. The van der Waals surface area contributed by atoms with Gasteiger partial charge >= 0.3 is 0 Å². The summed E-state index contributed by atoms with van der Waals surface area (Å²) >= 11 is 6.07. The highest BCUT2D eigenvalue weighted by Crippen LogP contribution is 2.32. The molecule has 6 heteroatoms. The molecule has 110 valence electrons. The standard InChI is InChI=1S/C15H15ClN2O3/c1-17-6-11-5-15(18-7-12(11)16)19-8-10-2-3-13-14(4-10)21-9-20-13/h2-5,7,17H,6,8-9H2,1H3. The molecular weight excluding hydrogens is 292 g/mol. The number of pyridine rings is 1. The Kier molecular flexibility index (Phi) is 4.13. The summed E-state index contributed by atoms with van der Waals surface area (Å²) in [7, 11) is 1.86. The van der Waals surface area contributed by atoms with Crippen LogP contribution >= 0.6 is 11.6 Å². The van der Waals surface area contributed by atoms with Gasteiger partial charge in [-0.25, -0.2) is 4.98 Å². The van der Waals surface area contributed by atoms with E-state index in [0.717, 1.165) is 22.6 Å². The molecule has 0 aliphatic carbocycles. The summed E-state index contributed by atoms with van der Waals surface area (Å²) in [6.45, 7) is 1.35. The summed E-state index contributed by atoms with van der Waals surface area (Å²) in [5, 5.41) is 3.68. The van der Waals surface area contributed by atoms with Crippen LogP contribution in [-0.4, -0.2) is 18.8 Å². The van der Waals surface area contributed by atoms with E-state index >= 15 is 0 Å². The van der Waals surface area contributed by atoms with Gasteiger partial charge in [0, 0.05) is 18.8 Å². The molecule has 1 aliphatic rings. The van der Waals surface area contributed by atoms with E-state index in [1.807, 2.05) is 31.3 Å². The van der Waals surface area contributed by atoms with Crippen molar-refractivity contribution in [2.24, 2.45) is 0 Å². The molecule has 1 aliphatic heterocycles. The molecule has 0 bridgehead atoms. The third-order valence-corrected chi connectivity index (χ3v) is 3.44. The molecule has 1 aromatic carbocycles. The summed E-state index contributed by atoms with van der Waals surface area (Å²) in [4.78, 5) is 4.17. The monoisotopic (exact) mass is 306 g/mol. The number of halogens is 1. The van der Waals surface area contributed by atoms with Crippen molar-refractivity contribution in [3.63, 3.8) is 0 Å². The summed E-state index contributed by atoms with van der Waals surface area (Å²) in [5.74, 6) is 2.05. The van der Waals surface area contributed by atoms with Crippen LogP contribution in [0.5, 0.6) is 17.4 Å². The van der Waals surface area contributed by atoms with Gasteiger partial charge in [0.15, 0.2) is 11.5 Å². The maximum Gasteiger partial charge on any atom is 0.231 e. The molecule has 5 nitrogen and oxygen atoms in total. The number of benzene rings is 1. The minimum atomic E-state index is 0.270. The Morgan fingerprint density at radius 2 is 2.14 bits per heavy atom. The second-order valence-electron chi connectivity index (χ2n) is 4.62. The van der Waals surface area contributed by atoms with Crippen molar-refractivity contribution in [1.29, 1.82) is 0 Å². The Hall–Kier alpha value is -1.98. The molecule has 0 saturated heterocycles. The molecule has 0 atom stereocenters. The van der Waals surface area contributed by atoms with Crippen molar-refractivity contribution in [2.45, 2.75) is 13.2 Å². The number of hydrogen-bond acceptors (Lipinski definition) is 5. The number of ether oxygens (including phenoxy) is 3. The van der Waals surface area contributed by atoms with Gasteiger partial charge in [0.2, 0.25) is 12.7 Å². The van der Waals surface area contributed by atoms with Crippen LogP contribution in [-0.2, 0) is 13.2 Å². The van der Waals surface area contributed by atoms with E-state index in [2.05, 4.69) is 10.3 Å². The first kappa shape index (κ1) is 14.0. The Bertz CT molecular complexity index is 649. The topological polar surface area (TPSA) is 52.6 Å². The molecular formula is C15H15ClN2O3. The molecule has 0 saturated carbocycles. The quantitative estimate of drug-likeness (QED) is 0.920. The summed E-state index contributed by atoms with van der Waals surface area (Å²) in [5.41, 5.74) is 1.95. The number of fused-ring (bicyclic) bond motifs is 1. The SMILES string of the molecule is CNCc1cc(OCc2ccc3c(c2)OCO3)ncc1Cl. The van der Waals surface area contributed by atoms with Gasteiger partial charge in [0.25, 0.3) is 0 Å². The average molecular weight is 307 g/mol. The van der Waals surface area contributed by atoms with Crippen molar-refractivity contribution in [3.05, 3.63) is 46.6 Å². The molecule has 2 aromatic rings. The van der Waals surface area contributed by atoms with Crippen molar-refractivity contribution in [3.8, 4) is 17.4 Å². The minimum Gasteiger partial charge on any atom is -0.473 e. The first-order chi connectivity index (χ1) is 10.3. The third-order valence-electron chi connectivity index (χ3n) is 3.10. The van der Waals surface area contributed by atoms with Gasteiger partial charge in [-0.05, 0) is 30.3 Å². The number of nitrogens with zero attached hydrogens (tertiary/aromatic N) is 1. The molecule has 1 N–H and O–H groups in total. The highest BCUT2D eigenvalue weighted by Gasteiger charge is 2.13. The lowest BCUT2D eigenvalue weighted by Gasteiger charge is -2.09. The molecule has 0 amide bonds. The van der Waals surface area contributed by atoms with E-state index in [0.29, 0.717) is 24.1 Å². The fraction of sp³-hybridized carbons (Fsp3) is 0.267. The van der Waals surface area contributed by atoms with Gasteiger partial charge in [0.05, 0.1) is 5.02 Å². The van der Waals surface area contributed by atoms with Gasteiger partial charge in [-0.2, -0.15) is 0 Å². The largest absolute Gasteiger partial charge is 0.473 e. The van der Waals surface area contributed by atoms with Gasteiger partial charge < -0.3 is 19.5 Å². The van der Waals surface area contributed by atoms with Gasteiger partial charge in [0.1, 0.15) is 6.61 Å². The first-order valence-corrected chi connectivity index (χ1v) is 6.94. The third kappa shape index (κ3) is 3.20. The highest BCUT2D eigenvalue weighted by molar-refractivity contribution is 6.31. The fourth-order valence-corrected chi connectivity index (χ4v) is 2.22. The zero-order valence-electron chi connectivity index (χ0n) is 11.6. The van der Waals surface area contributed by atoms with Crippen molar-refractivity contribution >= 4 is 11.6 Å². The van der Waals surface area contributed by atoms with Crippen molar-refractivity contribution < 1.29 is 14.2 Å². The molecule has 1 aromatic heterocycles. The second kappa shape index (κ2) is 6.20. The zero-order chi connectivity index (χ0) is 14.7.